The molecule has 0 aromatic heterocycles. The van der Waals surface area contributed by atoms with E-state index in [-0.39, 0.29) is 5.91 Å². The van der Waals surface area contributed by atoms with E-state index < -0.39 is 6.49 Å². The van der Waals surface area contributed by atoms with E-state index in [0.717, 1.165) is 38.6 Å². The van der Waals surface area contributed by atoms with Crippen LogP contribution in [0.4, 0.5) is 0 Å². The minimum absolute atomic E-state index is 0.146. The summed E-state index contributed by atoms with van der Waals surface area (Å²) < 4.78 is 5.04. The number of thioether (sulfide) groups is 1. The number of unbranched alkanes of at least 4 members (excludes halogenated alkanes) is 3. The molecule has 1 N–H and O–H groups in total. The van der Waals surface area contributed by atoms with Gasteiger partial charge in [-0.25, -0.2) is 0 Å². The van der Waals surface area contributed by atoms with E-state index in [1.807, 2.05) is 0 Å². The van der Waals surface area contributed by atoms with Crippen LogP contribution in [-0.4, -0.2) is 37.2 Å². The van der Waals surface area contributed by atoms with Crippen LogP contribution < -0.4 is 10.2 Å². The molecule has 0 aliphatic carbocycles. The van der Waals surface area contributed by atoms with Gasteiger partial charge in [-0.05, 0) is 38.7 Å². The van der Waals surface area contributed by atoms with Gasteiger partial charge in [0.2, 0.25) is 5.91 Å². The van der Waals surface area contributed by atoms with Crippen molar-refractivity contribution in [3.8, 4) is 0 Å². The van der Waals surface area contributed by atoms with Gasteiger partial charge in [0, 0.05) is 18.2 Å². The number of carbonyl (C=O) groups is 1. The zero-order valence-corrected chi connectivity index (χ0v) is 15.3. The molecule has 0 bridgehead atoms. The molecular weight excluding hydrogens is 313 g/mol. The summed E-state index contributed by atoms with van der Waals surface area (Å²) in [4.78, 5) is 22.6. The van der Waals surface area contributed by atoms with Crippen LogP contribution in [0.25, 0.3) is 0 Å². The van der Waals surface area contributed by atoms with Crippen LogP contribution >= 0.6 is 18.3 Å². The van der Waals surface area contributed by atoms with Crippen LogP contribution in [0.2, 0.25) is 0 Å². The van der Waals surface area contributed by atoms with E-state index in [1.165, 1.54) is 6.66 Å². The quantitative estimate of drug-likeness (QED) is 0.437. The summed E-state index contributed by atoms with van der Waals surface area (Å²) in [5, 5.41) is 3.48. The van der Waals surface area contributed by atoms with Crippen molar-refractivity contribution in [1.82, 2.24) is 5.32 Å². The maximum absolute atomic E-state index is 11.5. The molecule has 7 heteroatoms. The molecule has 20 heavy (non-hydrogen) atoms. The Hall–Kier alpha value is 0.390. The first kappa shape index (κ1) is 20.4. The van der Waals surface area contributed by atoms with Crippen molar-refractivity contribution in [2.24, 2.45) is 0 Å². The lowest BCUT2D eigenvalue weighted by molar-refractivity contribution is -0.180. The summed E-state index contributed by atoms with van der Waals surface area (Å²) in [6, 6.07) is 0. The predicted molar refractivity (Wildman–Crippen MR) is 89.8 cm³/mol. The second kappa shape index (κ2) is 12.0. The largest absolute Gasteiger partial charge is 0.801 e. The van der Waals surface area contributed by atoms with Crippen molar-refractivity contribution in [2.75, 3.05) is 26.1 Å². The second-order valence-electron chi connectivity index (χ2n) is 4.95. The first-order valence-corrected chi connectivity index (χ1v) is 11.4. The number of hydrogen-bond acceptors (Lipinski definition) is 5. The van der Waals surface area contributed by atoms with Crippen molar-refractivity contribution in [2.45, 2.75) is 50.7 Å². The van der Waals surface area contributed by atoms with Crippen molar-refractivity contribution >= 4 is 36.0 Å². The summed E-state index contributed by atoms with van der Waals surface area (Å²) in [5.74, 6) is 0.146. The Balaban J connectivity index is 3.31. The van der Waals surface area contributed by atoms with Crippen LogP contribution in [0.3, 0.4) is 0 Å². The molecule has 1 amide bonds. The Morgan fingerprint density at radius 2 is 2.05 bits per heavy atom. The van der Waals surface area contributed by atoms with Crippen molar-refractivity contribution in [1.29, 1.82) is 0 Å². The Morgan fingerprint density at radius 1 is 1.40 bits per heavy atom. The molecule has 0 aromatic carbocycles. The molecule has 0 fully saturated rings. The van der Waals surface area contributed by atoms with Crippen molar-refractivity contribution in [3.63, 3.8) is 0 Å². The van der Waals surface area contributed by atoms with Crippen LogP contribution in [0.5, 0.6) is 0 Å². The van der Waals surface area contributed by atoms with Crippen LogP contribution in [0.15, 0.2) is 0 Å². The maximum atomic E-state index is 11.5. The average Bonchev–Trinajstić information content (AvgIpc) is 2.37. The van der Waals surface area contributed by atoms with Gasteiger partial charge in [0.15, 0.2) is 0 Å². The number of rotatable bonds is 12. The van der Waals surface area contributed by atoms with E-state index in [4.69, 9.17) is 4.52 Å². The summed E-state index contributed by atoms with van der Waals surface area (Å²) in [7, 11) is 0. The monoisotopic (exact) mass is 340 g/mol. The molecule has 0 saturated carbocycles. The highest BCUT2D eigenvalue weighted by Crippen LogP contribution is 2.31. The number of hydrogen-bond donors (Lipinski definition) is 1. The van der Waals surface area contributed by atoms with E-state index in [1.54, 1.807) is 11.8 Å². The lowest BCUT2D eigenvalue weighted by Crippen LogP contribution is -2.24. The molecule has 0 aliphatic heterocycles. The van der Waals surface area contributed by atoms with Crippen molar-refractivity contribution in [3.05, 3.63) is 0 Å². The van der Waals surface area contributed by atoms with Crippen molar-refractivity contribution < 1.29 is 14.2 Å². The summed E-state index contributed by atoms with van der Waals surface area (Å²) >= 11 is 6.46. The summed E-state index contributed by atoms with van der Waals surface area (Å²) in [5.41, 5.74) is 0. The fraction of sp³-hybridized carbons (Fsp3) is 0.923. The molecular formula is C13H27NO3PS2-. The smallest absolute Gasteiger partial charge is 0.220 e. The topological polar surface area (TPSA) is 61.4 Å². The normalized spacial score (nSPS) is 15.6. The van der Waals surface area contributed by atoms with Gasteiger partial charge in [-0.3, -0.25) is 4.79 Å². The SMILES string of the molecule is CSC(C)CCC(=O)NCCCCCCOP(C)([O-])=S. The molecule has 0 radical (unpaired) electrons. The third-order valence-electron chi connectivity index (χ3n) is 2.90. The molecule has 0 rings (SSSR count). The maximum Gasteiger partial charge on any atom is 0.220 e. The number of nitrogens with one attached hydrogen (secondary N) is 1. The number of amides is 1. The minimum Gasteiger partial charge on any atom is -0.801 e. The molecule has 2 unspecified atom stereocenters. The highest BCUT2D eigenvalue weighted by Gasteiger charge is 2.04. The lowest BCUT2D eigenvalue weighted by Gasteiger charge is -2.22. The molecule has 0 heterocycles. The first-order chi connectivity index (χ1) is 9.35. The minimum atomic E-state index is -2.73. The van der Waals surface area contributed by atoms with Gasteiger partial charge in [-0.15, -0.1) is 0 Å². The van der Waals surface area contributed by atoms with Gasteiger partial charge in [0.25, 0.3) is 0 Å². The third kappa shape index (κ3) is 14.8. The van der Waals surface area contributed by atoms with Gasteiger partial charge in [0.05, 0.1) is 6.61 Å². The Bertz CT molecular complexity index is 310. The van der Waals surface area contributed by atoms with Crippen LogP contribution in [0, 0.1) is 0 Å². The standard InChI is InChI=1S/C13H28NO3PS2/c1-12(20-3)8-9-13(15)14-10-6-4-5-7-11-17-18(2,16)19/h12H,4-11H2,1-3H3,(H,14,15)(H,16,19)/p-1. The van der Waals surface area contributed by atoms with Gasteiger partial charge in [-0.1, -0.05) is 31.6 Å². The van der Waals surface area contributed by atoms with Crippen LogP contribution in [0.1, 0.15) is 45.4 Å². The van der Waals surface area contributed by atoms with Gasteiger partial charge in [-0.2, -0.15) is 11.8 Å². The molecule has 2 atom stereocenters. The Morgan fingerprint density at radius 3 is 2.65 bits per heavy atom. The van der Waals surface area contributed by atoms with Gasteiger partial charge in [0.1, 0.15) is 0 Å². The molecule has 120 valence electrons. The fourth-order valence-electron chi connectivity index (χ4n) is 1.58. The second-order valence-corrected chi connectivity index (χ2v) is 10.0. The van der Waals surface area contributed by atoms with Crippen LogP contribution in [-0.2, 0) is 21.1 Å². The molecule has 0 aromatic rings. The zero-order valence-electron chi connectivity index (χ0n) is 12.7. The zero-order chi connectivity index (χ0) is 15.4. The summed E-state index contributed by atoms with van der Waals surface area (Å²) in [6.07, 6.45) is 7.50. The molecule has 0 saturated heterocycles. The summed E-state index contributed by atoms with van der Waals surface area (Å²) in [6.45, 7) is 2.06. The molecule has 0 aliphatic rings. The first-order valence-electron chi connectivity index (χ1n) is 7.07. The van der Waals surface area contributed by atoms with E-state index in [2.05, 4.69) is 30.3 Å². The highest BCUT2D eigenvalue weighted by molar-refractivity contribution is 8.08. The molecule has 0 spiro atoms. The van der Waals surface area contributed by atoms with Gasteiger partial charge >= 0.3 is 0 Å². The fourth-order valence-corrected chi connectivity index (χ4v) is 2.62. The predicted octanol–water partition coefficient (Wildman–Crippen LogP) is 2.51. The van der Waals surface area contributed by atoms with E-state index in [0.29, 0.717) is 18.3 Å². The van der Waals surface area contributed by atoms with Gasteiger partial charge < -0.3 is 14.7 Å². The highest BCUT2D eigenvalue weighted by atomic mass is 32.5. The molecule has 4 nitrogen and oxygen atoms in total. The van der Waals surface area contributed by atoms with E-state index >= 15 is 0 Å². The van der Waals surface area contributed by atoms with E-state index in [9.17, 15) is 9.69 Å². The average molecular weight is 340 g/mol. The third-order valence-corrected chi connectivity index (χ3v) is 4.91. The number of carbonyl (C=O) groups excluding carboxylic acids is 1. The Labute approximate surface area is 132 Å². The Kier molecular flexibility index (Phi) is 12.2. The lowest BCUT2D eigenvalue weighted by atomic mass is 10.2.